The van der Waals surface area contributed by atoms with Crippen LogP contribution in [0.5, 0.6) is 0 Å². The van der Waals surface area contributed by atoms with Gasteiger partial charge in [0, 0.05) is 6.20 Å². The molecule has 90 valence electrons. The van der Waals surface area contributed by atoms with Crippen molar-refractivity contribution in [3.63, 3.8) is 0 Å². The van der Waals surface area contributed by atoms with E-state index in [1.807, 2.05) is 4.98 Å². The number of H-pyrrole nitrogens is 3. The van der Waals surface area contributed by atoms with E-state index in [1.165, 1.54) is 12.3 Å². The van der Waals surface area contributed by atoms with Crippen LogP contribution in [-0.4, -0.2) is 24.9 Å². The van der Waals surface area contributed by atoms with Crippen LogP contribution >= 0.6 is 0 Å². The molecule has 3 heterocycles. The van der Waals surface area contributed by atoms with E-state index < -0.39 is 17.1 Å². The predicted molar refractivity (Wildman–Crippen MR) is 60.5 cm³/mol. The van der Waals surface area contributed by atoms with Gasteiger partial charge in [0.05, 0.1) is 11.8 Å². The molecule has 0 amide bonds. The normalized spacial score (nSPS) is 10.9. The van der Waals surface area contributed by atoms with Gasteiger partial charge in [0.15, 0.2) is 11.5 Å². The second-order valence-electron chi connectivity index (χ2n) is 3.57. The number of aromatic nitrogens is 5. The van der Waals surface area contributed by atoms with Gasteiger partial charge in [-0.3, -0.25) is 19.7 Å². The molecular weight excluding hydrogens is 241 g/mol. The number of halogens is 1. The Morgan fingerprint density at radius 3 is 2.78 bits per heavy atom. The summed E-state index contributed by atoms with van der Waals surface area (Å²) in [5.74, 6) is -0.424. The zero-order chi connectivity index (χ0) is 12.7. The summed E-state index contributed by atoms with van der Waals surface area (Å²) in [6.07, 6.45) is 2.44. The Hall–Kier alpha value is -2.77. The van der Waals surface area contributed by atoms with Gasteiger partial charge < -0.3 is 4.98 Å². The lowest BCUT2D eigenvalue weighted by molar-refractivity contribution is 0.624. The molecule has 3 N–H and O–H groups in total. The van der Waals surface area contributed by atoms with Crippen LogP contribution in [0.2, 0.25) is 0 Å². The van der Waals surface area contributed by atoms with Crippen molar-refractivity contribution in [2.75, 3.05) is 0 Å². The number of pyridine rings is 1. The standard InChI is InChI=1S/C10H6FN5O2/c11-5-3-12-2-1-4(5)7-13-6-8(14-7)15-10(18)16-9(6)17/h1-3H,(H3,13,14,15,16,17,18). The van der Waals surface area contributed by atoms with Crippen LogP contribution in [0.15, 0.2) is 28.0 Å². The molecule has 0 fully saturated rings. The Labute approximate surface area is 97.7 Å². The minimum atomic E-state index is -0.666. The second-order valence-corrected chi connectivity index (χ2v) is 3.57. The molecule has 3 aromatic heterocycles. The molecule has 18 heavy (non-hydrogen) atoms. The van der Waals surface area contributed by atoms with Crippen LogP contribution in [0, 0.1) is 5.82 Å². The summed E-state index contributed by atoms with van der Waals surface area (Å²) in [7, 11) is 0. The number of hydrogen-bond acceptors (Lipinski definition) is 4. The van der Waals surface area contributed by atoms with Gasteiger partial charge in [0.25, 0.3) is 5.56 Å². The summed E-state index contributed by atoms with van der Waals surface area (Å²) in [5.41, 5.74) is -0.945. The first-order chi connectivity index (χ1) is 8.65. The maximum absolute atomic E-state index is 13.5. The predicted octanol–water partition coefficient (Wildman–Crippen LogP) is 0.141. The number of hydrogen-bond donors (Lipinski definition) is 3. The molecule has 8 heteroatoms. The minimum absolute atomic E-state index is 0.0787. The third-order valence-corrected chi connectivity index (χ3v) is 2.42. The molecule has 0 bridgehead atoms. The number of rotatable bonds is 1. The summed E-state index contributed by atoms with van der Waals surface area (Å²) in [4.78, 5) is 37.2. The van der Waals surface area contributed by atoms with Gasteiger partial charge in [-0.25, -0.2) is 14.2 Å². The molecule has 3 rings (SSSR count). The third kappa shape index (κ3) is 1.51. The van der Waals surface area contributed by atoms with E-state index in [9.17, 15) is 14.0 Å². The molecule has 3 aromatic rings. The molecule has 0 aliphatic heterocycles. The summed E-state index contributed by atoms with van der Waals surface area (Å²) < 4.78 is 13.5. The van der Waals surface area contributed by atoms with Crippen molar-refractivity contribution >= 4 is 11.2 Å². The molecule has 0 unspecified atom stereocenters. The fraction of sp³-hybridized carbons (Fsp3) is 0. The second kappa shape index (κ2) is 3.62. The SMILES string of the molecule is O=c1[nH]c(=O)c2[nH]c(-c3ccncc3F)nc2[nH]1. The van der Waals surface area contributed by atoms with Gasteiger partial charge in [-0.1, -0.05) is 0 Å². The molecule has 0 aliphatic carbocycles. The van der Waals surface area contributed by atoms with Crippen molar-refractivity contribution < 1.29 is 4.39 Å². The summed E-state index contributed by atoms with van der Waals surface area (Å²) in [5, 5.41) is 0. The van der Waals surface area contributed by atoms with Crippen LogP contribution in [0.25, 0.3) is 22.6 Å². The summed E-state index contributed by atoms with van der Waals surface area (Å²) in [6, 6.07) is 1.42. The quantitative estimate of drug-likeness (QED) is 0.568. The topological polar surface area (TPSA) is 107 Å². The van der Waals surface area contributed by atoms with Crippen molar-refractivity contribution in [1.82, 2.24) is 24.9 Å². The highest BCUT2D eigenvalue weighted by atomic mass is 19.1. The monoisotopic (exact) mass is 247 g/mol. The van der Waals surface area contributed by atoms with Gasteiger partial charge in [-0.05, 0) is 6.07 Å². The van der Waals surface area contributed by atoms with Crippen LogP contribution < -0.4 is 11.2 Å². The first kappa shape index (κ1) is 10.4. The third-order valence-electron chi connectivity index (χ3n) is 2.42. The summed E-state index contributed by atoms with van der Waals surface area (Å²) >= 11 is 0. The van der Waals surface area contributed by atoms with Gasteiger partial charge in [0.2, 0.25) is 0 Å². The van der Waals surface area contributed by atoms with Gasteiger partial charge in [0.1, 0.15) is 11.3 Å². The molecule has 0 radical (unpaired) electrons. The highest BCUT2D eigenvalue weighted by Gasteiger charge is 2.12. The van der Waals surface area contributed by atoms with Crippen molar-refractivity contribution in [2.24, 2.45) is 0 Å². The molecule has 0 saturated heterocycles. The Morgan fingerprint density at radius 1 is 1.17 bits per heavy atom. The Bertz CT molecular complexity index is 847. The number of nitrogens with one attached hydrogen (secondary N) is 3. The molecule has 7 nitrogen and oxygen atoms in total. The van der Waals surface area contributed by atoms with Crippen LogP contribution in [0.3, 0.4) is 0 Å². The molecule has 0 saturated carbocycles. The smallest absolute Gasteiger partial charge is 0.327 e. The van der Waals surface area contributed by atoms with E-state index in [0.29, 0.717) is 0 Å². The zero-order valence-corrected chi connectivity index (χ0v) is 8.82. The van der Waals surface area contributed by atoms with Crippen molar-refractivity contribution in [2.45, 2.75) is 0 Å². The van der Waals surface area contributed by atoms with E-state index in [0.717, 1.165) is 6.20 Å². The average molecular weight is 247 g/mol. The fourth-order valence-corrected chi connectivity index (χ4v) is 1.63. The number of nitrogens with zero attached hydrogens (tertiary/aromatic N) is 2. The largest absolute Gasteiger partial charge is 0.332 e. The number of imidazole rings is 1. The Morgan fingerprint density at radius 2 is 2.00 bits per heavy atom. The maximum Gasteiger partial charge on any atom is 0.327 e. The molecule has 0 spiro atoms. The first-order valence-electron chi connectivity index (χ1n) is 4.97. The lowest BCUT2D eigenvalue weighted by Gasteiger charge is -1.96. The first-order valence-corrected chi connectivity index (χ1v) is 4.97. The summed E-state index contributed by atoms with van der Waals surface area (Å²) in [6.45, 7) is 0. The highest BCUT2D eigenvalue weighted by molar-refractivity contribution is 5.74. The van der Waals surface area contributed by atoms with Gasteiger partial charge >= 0.3 is 5.69 Å². The van der Waals surface area contributed by atoms with Crippen molar-refractivity contribution in [3.8, 4) is 11.4 Å². The highest BCUT2D eigenvalue weighted by Crippen LogP contribution is 2.19. The lowest BCUT2D eigenvalue weighted by Crippen LogP contribution is -2.21. The van der Waals surface area contributed by atoms with E-state index in [4.69, 9.17) is 0 Å². The fourth-order valence-electron chi connectivity index (χ4n) is 1.63. The minimum Gasteiger partial charge on any atom is -0.332 e. The van der Waals surface area contributed by atoms with Crippen LogP contribution in [-0.2, 0) is 0 Å². The van der Waals surface area contributed by atoms with E-state index in [-0.39, 0.29) is 22.6 Å². The maximum atomic E-state index is 13.5. The van der Waals surface area contributed by atoms with E-state index in [1.54, 1.807) is 0 Å². The number of fused-ring (bicyclic) bond motifs is 1. The van der Waals surface area contributed by atoms with Crippen LogP contribution in [0.4, 0.5) is 4.39 Å². The van der Waals surface area contributed by atoms with E-state index >= 15 is 0 Å². The van der Waals surface area contributed by atoms with E-state index in [2.05, 4.69) is 19.9 Å². The Kier molecular flexibility index (Phi) is 2.09. The number of aromatic amines is 3. The molecule has 0 aliphatic rings. The van der Waals surface area contributed by atoms with Gasteiger partial charge in [-0.15, -0.1) is 0 Å². The average Bonchev–Trinajstić information content (AvgIpc) is 2.73. The van der Waals surface area contributed by atoms with Crippen molar-refractivity contribution in [1.29, 1.82) is 0 Å². The zero-order valence-electron chi connectivity index (χ0n) is 8.82. The Balaban J connectivity index is 2.33. The molecule has 0 atom stereocenters. The molecular formula is C10H6FN5O2. The van der Waals surface area contributed by atoms with Crippen LogP contribution in [0.1, 0.15) is 0 Å². The van der Waals surface area contributed by atoms with Gasteiger partial charge in [-0.2, -0.15) is 0 Å². The lowest BCUT2D eigenvalue weighted by atomic mass is 10.2. The molecule has 0 aromatic carbocycles. The van der Waals surface area contributed by atoms with Crippen molar-refractivity contribution in [3.05, 3.63) is 45.1 Å².